The number of ether oxygens (including phenoxy) is 1. The molecule has 19 heavy (non-hydrogen) atoms. The van der Waals surface area contributed by atoms with E-state index in [0.29, 0.717) is 0 Å². The molecule has 0 aromatic heterocycles. The summed E-state index contributed by atoms with van der Waals surface area (Å²) in [4.78, 5) is 4.42. The van der Waals surface area contributed by atoms with Gasteiger partial charge in [0.05, 0.1) is 16.8 Å². The van der Waals surface area contributed by atoms with Crippen LogP contribution in [-0.4, -0.2) is 12.8 Å². The number of halogens is 1. The van der Waals surface area contributed by atoms with Gasteiger partial charge in [-0.25, -0.2) is 0 Å². The fourth-order valence-electron chi connectivity index (χ4n) is 1.59. The number of benzene rings is 2. The van der Waals surface area contributed by atoms with E-state index in [0.717, 1.165) is 34.5 Å². The topological polar surface area (TPSA) is 21.6 Å². The number of para-hydroxylation sites is 1. The number of hydrogen-bond donors (Lipinski definition) is 0. The van der Waals surface area contributed by atoms with E-state index in [4.69, 9.17) is 4.74 Å². The first-order valence-corrected chi connectivity index (χ1v) is 7.10. The summed E-state index contributed by atoms with van der Waals surface area (Å²) in [6.07, 6.45) is 2.85. The van der Waals surface area contributed by atoms with Gasteiger partial charge in [0.25, 0.3) is 0 Å². The van der Waals surface area contributed by atoms with Crippen molar-refractivity contribution in [1.29, 1.82) is 0 Å². The molecule has 0 spiro atoms. The summed E-state index contributed by atoms with van der Waals surface area (Å²) < 4.78 is 6.57. The van der Waals surface area contributed by atoms with Crippen LogP contribution in [-0.2, 0) is 0 Å². The summed E-state index contributed by atoms with van der Waals surface area (Å²) in [7, 11) is 0. The number of nitrogens with zero attached hydrogens (tertiary/aromatic N) is 1. The van der Waals surface area contributed by atoms with Crippen LogP contribution < -0.4 is 4.74 Å². The fourth-order valence-corrected chi connectivity index (χ4v) is 2.10. The molecule has 0 aliphatic heterocycles. The Bertz CT molecular complexity index is 552. The average molecular weight is 318 g/mol. The van der Waals surface area contributed by atoms with Gasteiger partial charge in [0.1, 0.15) is 5.75 Å². The number of aliphatic imine (C=N–C) groups is 1. The van der Waals surface area contributed by atoms with Gasteiger partial charge in [-0.15, -0.1) is 0 Å². The van der Waals surface area contributed by atoms with E-state index in [1.807, 2.05) is 54.7 Å². The summed E-state index contributed by atoms with van der Waals surface area (Å²) in [5.74, 6) is 0.874. The lowest BCUT2D eigenvalue weighted by Gasteiger charge is -2.07. The summed E-state index contributed by atoms with van der Waals surface area (Å²) in [6, 6.07) is 15.9. The lowest BCUT2D eigenvalue weighted by molar-refractivity contribution is 0.315. The summed E-state index contributed by atoms with van der Waals surface area (Å²) in [5, 5.41) is 0. The zero-order valence-electron chi connectivity index (χ0n) is 10.8. The Balaban J connectivity index is 2.10. The van der Waals surface area contributed by atoms with E-state index in [1.54, 1.807) is 0 Å². The minimum Gasteiger partial charge on any atom is -0.492 e. The zero-order valence-corrected chi connectivity index (χ0v) is 12.4. The standard InChI is InChI=1S/C16H16BrNO/c1-2-10-19-16-9-8-13(11-15(16)17)12-18-14-6-4-3-5-7-14/h3-9,11-12H,2,10H2,1H3. The summed E-state index contributed by atoms with van der Waals surface area (Å²) in [5.41, 5.74) is 1.99. The van der Waals surface area contributed by atoms with Gasteiger partial charge in [0.2, 0.25) is 0 Å². The Morgan fingerprint density at radius 1 is 1.16 bits per heavy atom. The zero-order chi connectivity index (χ0) is 13.5. The third-order valence-corrected chi connectivity index (χ3v) is 3.16. The predicted molar refractivity (Wildman–Crippen MR) is 83.6 cm³/mol. The largest absolute Gasteiger partial charge is 0.492 e. The summed E-state index contributed by atoms with van der Waals surface area (Å²) in [6.45, 7) is 2.82. The van der Waals surface area contributed by atoms with Crippen molar-refractivity contribution in [1.82, 2.24) is 0 Å². The molecule has 0 bridgehead atoms. The maximum atomic E-state index is 5.61. The molecule has 0 heterocycles. The minimum atomic E-state index is 0.732. The van der Waals surface area contributed by atoms with Crippen LogP contribution in [0.2, 0.25) is 0 Å². The van der Waals surface area contributed by atoms with Gasteiger partial charge in [-0.1, -0.05) is 25.1 Å². The van der Waals surface area contributed by atoms with E-state index < -0.39 is 0 Å². The second-order valence-corrected chi connectivity index (χ2v) is 4.99. The normalized spacial score (nSPS) is 10.8. The highest BCUT2D eigenvalue weighted by molar-refractivity contribution is 9.10. The van der Waals surface area contributed by atoms with E-state index in [-0.39, 0.29) is 0 Å². The molecule has 2 aromatic rings. The average Bonchev–Trinajstić information content (AvgIpc) is 2.45. The molecule has 0 radical (unpaired) electrons. The van der Waals surface area contributed by atoms with Crippen LogP contribution in [0.1, 0.15) is 18.9 Å². The molecule has 0 atom stereocenters. The van der Waals surface area contributed by atoms with Gasteiger partial charge in [0.15, 0.2) is 0 Å². The Morgan fingerprint density at radius 2 is 1.95 bits per heavy atom. The Morgan fingerprint density at radius 3 is 2.63 bits per heavy atom. The van der Waals surface area contributed by atoms with Gasteiger partial charge < -0.3 is 4.74 Å². The second-order valence-electron chi connectivity index (χ2n) is 4.13. The first-order chi connectivity index (χ1) is 9.29. The van der Waals surface area contributed by atoms with Crippen molar-refractivity contribution in [3.63, 3.8) is 0 Å². The van der Waals surface area contributed by atoms with Crippen LogP contribution in [0.15, 0.2) is 58.0 Å². The van der Waals surface area contributed by atoms with E-state index in [2.05, 4.69) is 27.8 Å². The molecule has 0 N–H and O–H groups in total. The van der Waals surface area contributed by atoms with E-state index >= 15 is 0 Å². The lowest BCUT2D eigenvalue weighted by atomic mass is 10.2. The van der Waals surface area contributed by atoms with Gasteiger partial charge >= 0.3 is 0 Å². The van der Waals surface area contributed by atoms with E-state index in [9.17, 15) is 0 Å². The minimum absolute atomic E-state index is 0.732. The van der Waals surface area contributed by atoms with Crippen LogP contribution in [0.3, 0.4) is 0 Å². The molecule has 0 amide bonds. The number of rotatable bonds is 5. The van der Waals surface area contributed by atoms with Gasteiger partial charge in [-0.2, -0.15) is 0 Å². The Kier molecular flexibility index (Phi) is 5.16. The fraction of sp³-hybridized carbons (Fsp3) is 0.188. The molecule has 0 aliphatic carbocycles. The monoisotopic (exact) mass is 317 g/mol. The molecule has 2 nitrogen and oxygen atoms in total. The van der Waals surface area contributed by atoms with Crippen LogP contribution in [0.25, 0.3) is 0 Å². The first-order valence-electron chi connectivity index (χ1n) is 6.31. The highest BCUT2D eigenvalue weighted by Gasteiger charge is 2.01. The quantitative estimate of drug-likeness (QED) is 0.712. The molecule has 0 aliphatic rings. The van der Waals surface area contributed by atoms with Crippen molar-refractivity contribution in [3.05, 3.63) is 58.6 Å². The third-order valence-electron chi connectivity index (χ3n) is 2.54. The lowest BCUT2D eigenvalue weighted by Crippen LogP contribution is -1.96. The van der Waals surface area contributed by atoms with Gasteiger partial charge in [-0.05, 0) is 58.2 Å². The molecular weight excluding hydrogens is 302 g/mol. The smallest absolute Gasteiger partial charge is 0.133 e. The van der Waals surface area contributed by atoms with Crippen molar-refractivity contribution >= 4 is 27.8 Å². The Hall–Kier alpha value is -1.61. The molecule has 0 saturated heterocycles. The first kappa shape index (κ1) is 13.8. The highest BCUT2D eigenvalue weighted by atomic mass is 79.9. The highest BCUT2D eigenvalue weighted by Crippen LogP contribution is 2.25. The van der Waals surface area contributed by atoms with Gasteiger partial charge in [0, 0.05) is 6.21 Å². The third kappa shape index (κ3) is 4.21. The van der Waals surface area contributed by atoms with Crippen molar-refractivity contribution in [2.45, 2.75) is 13.3 Å². The van der Waals surface area contributed by atoms with Crippen molar-refractivity contribution in [3.8, 4) is 5.75 Å². The predicted octanol–water partition coefficient (Wildman–Crippen LogP) is 4.99. The molecular formula is C16H16BrNO. The maximum absolute atomic E-state index is 5.61. The van der Waals surface area contributed by atoms with Crippen LogP contribution in [0.5, 0.6) is 5.75 Å². The molecule has 0 saturated carbocycles. The van der Waals surface area contributed by atoms with Crippen LogP contribution in [0, 0.1) is 0 Å². The Labute approximate surface area is 122 Å². The van der Waals surface area contributed by atoms with Gasteiger partial charge in [-0.3, -0.25) is 4.99 Å². The van der Waals surface area contributed by atoms with Crippen molar-refractivity contribution < 1.29 is 4.74 Å². The van der Waals surface area contributed by atoms with Crippen molar-refractivity contribution in [2.75, 3.05) is 6.61 Å². The number of hydrogen-bond acceptors (Lipinski definition) is 2. The molecule has 0 unspecified atom stereocenters. The molecule has 3 heteroatoms. The van der Waals surface area contributed by atoms with Crippen LogP contribution >= 0.6 is 15.9 Å². The second kappa shape index (κ2) is 7.10. The maximum Gasteiger partial charge on any atom is 0.133 e. The molecule has 2 rings (SSSR count). The van der Waals surface area contributed by atoms with E-state index in [1.165, 1.54) is 0 Å². The molecule has 0 fully saturated rings. The molecule has 98 valence electrons. The molecule has 2 aromatic carbocycles. The van der Waals surface area contributed by atoms with Crippen molar-refractivity contribution in [2.24, 2.45) is 4.99 Å². The van der Waals surface area contributed by atoms with Crippen LogP contribution in [0.4, 0.5) is 5.69 Å². The summed E-state index contributed by atoms with van der Waals surface area (Å²) >= 11 is 3.52. The SMILES string of the molecule is CCCOc1ccc(C=Nc2ccccc2)cc1Br.